The Hall–Kier alpha value is -2.08. The smallest absolute Gasteiger partial charge is 0.324 e. The van der Waals surface area contributed by atoms with Crippen molar-refractivity contribution in [2.75, 3.05) is 31.2 Å². The van der Waals surface area contributed by atoms with E-state index >= 15 is 0 Å². The number of rotatable bonds is 2. The molecule has 0 unspecified atom stereocenters. The van der Waals surface area contributed by atoms with Gasteiger partial charge in [0.1, 0.15) is 11.3 Å². The molecule has 128 valence electrons. The van der Waals surface area contributed by atoms with E-state index in [9.17, 15) is 4.79 Å². The number of hydrogen-bond donors (Lipinski definition) is 1. The zero-order valence-corrected chi connectivity index (χ0v) is 13.9. The Labute approximate surface area is 141 Å². The Bertz CT molecular complexity index is 743. The summed E-state index contributed by atoms with van der Waals surface area (Å²) in [4.78, 5) is 19.3. The van der Waals surface area contributed by atoms with Gasteiger partial charge in [0.05, 0.1) is 24.4 Å². The predicted octanol–water partition coefficient (Wildman–Crippen LogP) is 2.85. The summed E-state index contributed by atoms with van der Waals surface area (Å²) in [6, 6.07) is 5.58. The van der Waals surface area contributed by atoms with Gasteiger partial charge in [-0.3, -0.25) is 0 Å². The highest BCUT2D eigenvalue weighted by molar-refractivity contribution is 5.96. The number of nitrogens with zero attached hydrogens (tertiary/aromatic N) is 3. The van der Waals surface area contributed by atoms with Crippen molar-refractivity contribution in [3.8, 4) is 0 Å². The maximum Gasteiger partial charge on any atom is 0.324 e. The molecule has 1 aliphatic carbocycles. The van der Waals surface area contributed by atoms with E-state index in [-0.39, 0.29) is 0 Å². The molecule has 1 saturated carbocycles. The van der Waals surface area contributed by atoms with Gasteiger partial charge in [-0.2, -0.15) is 0 Å². The molecule has 6 nitrogen and oxygen atoms in total. The minimum Gasteiger partial charge on any atom is -0.378 e. The van der Waals surface area contributed by atoms with E-state index in [4.69, 9.17) is 15.5 Å². The molecule has 0 bridgehead atoms. The van der Waals surface area contributed by atoms with Gasteiger partial charge >= 0.3 is 6.03 Å². The van der Waals surface area contributed by atoms with Crippen LogP contribution in [-0.4, -0.2) is 41.9 Å². The normalized spacial score (nSPS) is 19.8. The monoisotopic (exact) mass is 328 g/mol. The lowest BCUT2D eigenvalue weighted by molar-refractivity contribution is 0.123. The second kappa shape index (κ2) is 6.43. The lowest BCUT2D eigenvalue weighted by Crippen LogP contribution is -2.36. The van der Waals surface area contributed by atoms with Gasteiger partial charge in [-0.1, -0.05) is 25.3 Å². The van der Waals surface area contributed by atoms with Crippen molar-refractivity contribution in [1.29, 1.82) is 0 Å². The van der Waals surface area contributed by atoms with Crippen molar-refractivity contribution >= 4 is 22.8 Å². The Morgan fingerprint density at radius 1 is 1.17 bits per heavy atom. The predicted molar refractivity (Wildman–Crippen MR) is 93.6 cm³/mol. The first kappa shape index (κ1) is 15.4. The molecule has 1 aromatic heterocycles. The molecular formula is C18H24N4O2. The number of hydrogen-bond acceptors (Lipinski definition) is 4. The molecule has 2 fully saturated rings. The summed E-state index contributed by atoms with van der Waals surface area (Å²) in [5.74, 6) is 1.18. The number of fused-ring (bicyclic) bond motifs is 1. The zero-order valence-electron chi connectivity index (χ0n) is 13.9. The fraction of sp³-hybridized carbons (Fsp3) is 0.556. The van der Waals surface area contributed by atoms with Gasteiger partial charge in [0, 0.05) is 19.0 Å². The Morgan fingerprint density at radius 3 is 2.62 bits per heavy atom. The average molecular weight is 328 g/mol. The first-order valence-corrected chi connectivity index (χ1v) is 8.89. The molecule has 2 N–H and O–H groups in total. The Kier molecular flexibility index (Phi) is 4.14. The van der Waals surface area contributed by atoms with Crippen LogP contribution in [0.4, 0.5) is 10.5 Å². The van der Waals surface area contributed by atoms with E-state index in [1.54, 1.807) is 4.57 Å². The van der Waals surface area contributed by atoms with E-state index in [0.29, 0.717) is 5.92 Å². The second-order valence-corrected chi connectivity index (χ2v) is 6.72. The summed E-state index contributed by atoms with van der Waals surface area (Å²) in [5.41, 5.74) is 8.50. The van der Waals surface area contributed by atoms with Crippen LogP contribution in [0, 0.1) is 0 Å². The number of aromatic nitrogens is 2. The molecular weight excluding hydrogens is 304 g/mol. The third-order valence-corrected chi connectivity index (χ3v) is 5.23. The van der Waals surface area contributed by atoms with Crippen molar-refractivity contribution in [1.82, 2.24) is 9.55 Å². The molecule has 2 aromatic rings. The average Bonchev–Trinajstić information content (AvgIpc) is 3.03. The molecule has 1 amide bonds. The molecule has 4 rings (SSSR count). The van der Waals surface area contributed by atoms with Gasteiger partial charge in [0.2, 0.25) is 0 Å². The number of benzene rings is 1. The molecule has 1 saturated heterocycles. The summed E-state index contributed by atoms with van der Waals surface area (Å²) in [6.07, 6.45) is 5.84. The fourth-order valence-corrected chi connectivity index (χ4v) is 4.03. The third kappa shape index (κ3) is 2.65. The summed E-state index contributed by atoms with van der Waals surface area (Å²) in [6.45, 7) is 3.15. The van der Waals surface area contributed by atoms with Crippen molar-refractivity contribution in [3.05, 3.63) is 24.0 Å². The van der Waals surface area contributed by atoms with Crippen LogP contribution in [-0.2, 0) is 4.74 Å². The van der Waals surface area contributed by atoms with Gasteiger partial charge in [0.25, 0.3) is 0 Å². The van der Waals surface area contributed by atoms with Crippen LogP contribution in [0.1, 0.15) is 43.8 Å². The lowest BCUT2D eigenvalue weighted by atomic mass is 9.88. The number of para-hydroxylation sites is 1. The van der Waals surface area contributed by atoms with Crippen LogP contribution in [0.2, 0.25) is 0 Å². The highest BCUT2D eigenvalue weighted by atomic mass is 16.5. The quantitative estimate of drug-likeness (QED) is 0.920. The molecule has 1 aromatic carbocycles. The van der Waals surface area contributed by atoms with E-state index in [1.807, 2.05) is 12.1 Å². The first-order valence-electron chi connectivity index (χ1n) is 8.89. The van der Waals surface area contributed by atoms with Crippen LogP contribution in [0.15, 0.2) is 18.2 Å². The number of carbonyl (C=O) groups excluding carboxylic acids is 1. The molecule has 2 heterocycles. The molecule has 0 radical (unpaired) electrons. The minimum atomic E-state index is -0.433. The van der Waals surface area contributed by atoms with Crippen molar-refractivity contribution in [3.63, 3.8) is 0 Å². The Balaban J connectivity index is 1.83. The molecule has 0 atom stereocenters. The number of carbonyl (C=O) groups is 1. The highest BCUT2D eigenvalue weighted by Crippen LogP contribution is 2.36. The van der Waals surface area contributed by atoms with E-state index in [0.717, 1.165) is 61.7 Å². The standard InChI is InChI=1S/C18H24N4O2/c19-18(23)22-15-8-4-7-14(21-9-11-24-12-10-21)16(15)20-17(22)13-5-2-1-3-6-13/h4,7-8,13H,1-3,5-6,9-12H2,(H2,19,23). The number of ether oxygens (including phenoxy) is 1. The van der Waals surface area contributed by atoms with Crippen LogP contribution in [0.5, 0.6) is 0 Å². The number of imidazole rings is 1. The lowest BCUT2D eigenvalue weighted by Gasteiger charge is -2.28. The maximum atomic E-state index is 12.1. The van der Waals surface area contributed by atoms with Crippen LogP contribution < -0.4 is 10.6 Å². The minimum absolute atomic E-state index is 0.330. The van der Waals surface area contributed by atoms with Gasteiger partial charge in [-0.05, 0) is 25.0 Å². The SMILES string of the molecule is NC(=O)n1c(C2CCCCC2)nc2c(N3CCOCC3)cccc21. The molecule has 2 aliphatic rings. The van der Waals surface area contributed by atoms with E-state index in [1.165, 1.54) is 19.3 Å². The number of morpholine rings is 1. The molecule has 1 aliphatic heterocycles. The fourth-order valence-electron chi connectivity index (χ4n) is 4.03. The van der Waals surface area contributed by atoms with Crippen LogP contribution in [0.3, 0.4) is 0 Å². The molecule has 24 heavy (non-hydrogen) atoms. The van der Waals surface area contributed by atoms with Gasteiger partial charge < -0.3 is 15.4 Å². The van der Waals surface area contributed by atoms with Gasteiger partial charge in [-0.25, -0.2) is 14.3 Å². The molecule has 6 heteroatoms. The van der Waals surface area contributed by atoms with Gasteiger partial charge in [0.15, 0.2) is 0 Å². The third-order valence-electron chi connectivity index (χ3n) is 5.23. The van der Waals surface area contributed by atoms with Crippen molar-refractivity contribution in [2.24, 2.45) is 5.73 Å². The van der Waals surface area contributed by atoms with E-state index < -0.39 is 6.03 Å². The van der Waals surface area contributed by atoms with Crippen LogP contribution >= 0.6 is 0 Å². The number of primary amides is 1. The van der Waals surface area contributed by atoms with E-state index in [2.05, 4.69) is 11.0 Å². The zero-order chi connectivity index (χ0) is 16.5. The van der Waals surface area contributed by atoms with Gasteiger partial charge in [-0.15, -0.1) is 0 Å². The van der Waals surface area contributed by atoms with Crippen molar-refractivity contribution < 1.29 is 9.53 Å². The van der Waals surface area contributed by atoms with Crippen LogP contribution in [0.25, 0.3) is 11.0 Å². The first-order chi connectivity index (χ1) is 11.8. The number of amides is 1. The highest BCUT2D eigenvalue weighted by Gasteiger charge is 2.26. The largest absolute Gasteiger partial charge is 0.378 e. The topological polar surface area (TPSA) is 73.4 Å². The second-order valence-electron chi connectivity index (χ2n) is 6.72. The van der Waals surface area contributed by atoms with Crippen molar-refractivity contribution in [2.45, 2.75) is 38.0 Å². The Morgan fingerprint density at radius 2 is 1.92 bits per heavy atom. The molecule has 0 spiro atoms. The number of anilines is 1. The number of nitrogens with two attached hydrogens (primary N) is 1. The summed E-state index contributed by atoms with van der Waals surface area (Å²) in [7, 11) is 0. The summed E-state index contributed by atoms with van der Waals surface area (Å²) < 4.78 is 7.09. The maximum absolute atomic E-state index is 12.1. The summed E-state index contributed by atoms with van der Waals surface area (Å²) >= 11 is 0. The summed E-state index contributed by atoms with van der Waals surface area (Å²) in [5, 5.41) is 0.